The Kier molecular flexibility index (Phi) is 6.99. The van der Waals surface area contributed by atoms with Crippen LogP contribution in [0.2, 0.25) is 0 Å². The van der Waals surface area contributed by atoms with E-state index in [0.29, 0.717) is 0 Å². The van der Waals surface area contributed by atoms with Crippen LogP contribution in [0, 0.1) is 0 Å². The molecule has 1 fully saturated rings. The molecule has 2 aliphatic rings. The Morgan fingerprint density at radius 1 is 1.47 bits per heavy atom. The SMILES string of the molecule is C=CCO/N=C(\C(=O)NC1C(=O)N2C(C(=O)O)=C(COC(N)=O)CS[C@H]12)c1csc(N)n1. The van der Waals surface area contributed by atoms with Gasteiger partial charge in [-0.2, -0.15) is 0 Å². The van der Waals surface area contributed by atoms with Gasteiger partial charge in [-0.1, -0.05) is 17.8 Å². The van der Waals surface area contributed by atoms with Crippen molar-refractivity contribution in [1.82, 2.24) is 15.2 Å². The Bertz CT molecular complexity index is 1040. The van der Waals surface area contributed by atoms with E-state index in [9.17, 15) is 24.3 Å². The minimum absolute atomic E-state index is 0.0356. The topological polar surface area (TPSA) is 200 Å². The molecule has 0 aliphatic carbocycles. The van der Waals surface area contributed by atoms with Crippen molar-refractivity contribution < 1.29 is 33.9 Å². The van der Waals surface area contributed by atoms with E-state index >= 15 is 0 Å². The number of carbonyl (C=O) groups excluding carboxylic acids is 3. The third kappa shape index (κ3) is 4.67. The lowest BCUT2D eigenvalue weighted by Crippen LogP contribution is -2.71. The molecule has 0 radical (unpaired) electrons. The maximum Gasteiger partial charge on any atom is 0.404 e. The molecule has 1 aromatic rings. The van der Waals surface area contributed by atoms with Crippen LogP contribution in [-0.2, 0) is 24.0 Å². The molecular weight excluding hydrogens is 464 g/mol. The highest BCUT2D eigenvalue weighted by Gasteiger charge is 2.54. The molecule has 15 heteroatoms. The van der Waals surface area contributed by atoms with Gasteiger partial charge in [-0.15, -0.1) is 23.1 Å². The lowest BCUT2D eigenvalue weighted by atomic mass is 10.0. The molecule has 2 aliphatic heterocycles. The van der Waals surface area contributed by atoms with Crippen LogP contribution in [0.5, 0.6) is 0 Å². The lowest BCUT2D eigenvalue weighted by molar-refractivity contribution is -0.150. The average molecular weight is 483 g/mol. The Labute approximate surface area is 189 Å². The molecule has 0 bridgehead atoms. The fourth-order valence-corrected chi connectivity index (χ4v) is 4.79. The van der Waals surface area contributed by atoms with Gasteiger partial charge in [-0.05, 0) is 0 Å². The molecule has 0 saturated carbocycles. The van der Waals surface area contributed by atoms with E-state index in [1.54, 1.807) is 0 Å². The first kappa shape index (κ1) is 23.1. The highest BCUT2D eigenvalue weighted by Crippen LogP contribution is 2.40. The van der Waals surface area contributed by atoms with E-state index in [1.807, 2.05) is 0 Å². The van der Waals surface area contributed by atoms with Gasteiger partial charge in [0.15, 0.2) is 10.8 Å². The van der Waals surface area contributed by atoms with E-state index in [-0.39, 0.29) is 46.8 Å². The monoisotopic (exact) mass is 482 g/mol. The smallest absolute Gasteiger partial charge is 0.404 e. The van der Waals surface area contributed by atoms with Crippen molar-refractivity contribution in [3.8, 4) is 0 Å². The molecule has 1 unspecified atom stereocenters. The van der Waals surface area contributed by atoms with Gasteiger partial charge in [0.25, 0.3) is 11.8 Å². The first-order valence-corrected chi connectivity index (χ1v) is 10.8. The van der Waals surface area contributed by atoms with Crippen LogP contribution in [0.4, 0.5) is 9.93 Å². The molecule has 32 heavy (non-hydrogen) atoms. The fraction of sp³-hybridized carbons (Fsp3) is 0.294. The number of hydrogen-bond donors (Lipinski definition) is 4. The quantitative estimate of drug-likeness (QED) is 0.116. The van der Waals surface area contributed by atoms with Crippen molar-refractivity contribution in [2.24, 2.45) is 10.9 Å². The number of thiazole rings is 1. The predicted molar refractivity (Wildman–Crippen MR) is 114 cm³/mol. The van der Waals surface area contributed by atoms with Crippen LogP contribution in [-0.4, -0.2) is 75.0 Å². The van der Waals surface area contributed by atoms with E-state index in [2.05, 4.69) is 26.8 Å². The average Bonchev–Trinajstić information content (AvgIpc) is 3.18. The Hall–Kier alpha value is -3.59. The summed E-state index contributed by atoms with van der Waals surface area (Å²) in [7, 11) is 0. The first-order chi connectivity index (χ1) is 15.2. The van der Waals surface area contributed by atoms with Gasteiger partial charge in [0, 0.05) is 16.7 Å². The number of rotatable bonds is 9. The molecule has 1 saturated heterocycles. The maximum atomic E-state index is 12.8. The second-order valence-electron chi connectivity index (χ2n) is 6.32. The number of oxime groups is 1. The molecule has 0 aromatic carbocycles. The van der Waals surface area contributed by atoms with E-state index in [4.69, 9.17) is 16.3 Å². The number of amides is 3. The van der Waals surface area contributed by atoms with E-state index < -0.39 is 35.3 Å². The number of ether oxygens (including phenoxy) is 1. The zero-order chi connectivity index (χ0) is 23.4. The number of thioether (sulfide) groups is 1. The zero-order valence-electron chi connectivity index (χ0n) is 16.3. The van der Waals surface area contributed by atoms with Gasteiger partial charge in [-0.3, -0.25) is 14.5 Å². The highest BCUT2D eigenvalue weighted by molar-refractivity contribution is 8.00. The number of primary amides is 1. The van der Waals surface area contributed by atoms with Crippen LogP contribution in [0.3, 0.4) is 0 Å². The number of β-lactam (4-membered cyclic amide) rings is 1. The Morgan fingerprint density at radius 2 is 2.22 bits per heavy atom. The van der Waals surface area contributed by atoms with Gasteiger partial charge >= 0.3 is 12.1 Å². The standard InChI is InChI=1S/C17H18N6O7S2/c1-2-3-30-22-9(8-6-32-16(18)20-8)12(24)21-10-13(25)23-11(15(26)27)7(4-29-17(19)28)5-31-14(10)23/h2,6,10,14H,1,3-5H2,(H2,18,20)(H2,19,28)(H,21,24)(H,26,27)/b22-9-/t10?,14-/m1/s1. The van der Waals surface area contributed by atoms with Crippen molar-refractivity contribution in [1.29, 1.82) is 0 Å². The minimum atomic E-state index is -1.37. The summed E-state index contributed by atoms with van der Waals surface area (Å²) in [4.78, 5) is 58.1. The van der Waals surface area contributed by atoms with Crippen LogP contribution in [0.1, 0.15) is 5.69 Å². The second-order valence-corrected chi connectivity index (χ2v) is 8.32. The summed E-state index contributed by atoms with van der Waals surface area (Å²) in [6.45, 7) is 3.16. The number of nitrogens with two attached hydrogens (primary N) is 2. The number of nitrogen functional groups attached to an aromatic ring is 1. The predicted octanol–water partition coefficient (Wildman–Crippen LogP) is -0.534. The molecular formula is C17H18N6O7S2. The molecule has 3 rings (SSSR count). The number of aliphatic carboxylic acids is 1. The summed E-state index contributed by atoms with van der Waals surface area (Å²) in [5.41, 5.74) is 10.4. The summed E-state index contributed by atoms with van der Waals surface area (Å²) >= 11 is 2.29. The van der Waals surface area contributed by atoms with Gasteiger partial charge in [-0.25, -0.2) is 14.6 Å². The number of anilines is 1. The second kappa shape index (κ2) is 9.69. The molecule has 13 nitrogen and oxygen atoms in total. The Balaban J connectivity index is 1.78. The number of fused-ring (bicyclic) bond motifs is 1. The number of nitrogens with one attached hydrogen (secondary N) is 1. The summed E-state index contributed by atoms with van der Waals surface area (Å²) in [6.07, 6.45) is 0.363. The molecule has 3 amide bonds. The molecule has 6 N–H and O–H groups in total. The van der Waals surface area contributed by atoms with Crippen LogP contribution < -0.4 is 16.8 Å². The molecule has 2 atom stereocenters. The fourth-order valence-electron chi connectivity index (χ4n) is 2.92. The Morgan fingerprint density at radius 3 is 2.81 bits per heavy atom. The summed E-state index contributed by atoms with van der Waals surface area (Å²) < 4.78 is 4.67. The molecule has 0 spiro atoms. The van der Waals surface area contributed by atoms with Gasteiger partial charge in [0.1, 0.15) is 36.0 Å². The van der Waals surface area contributed by atoms with Crippen LogP contribution in [0.25, 0.3) is 0 Å². The minimum Gasteiger partial charge on any atom is -0.477 e. The van der Waals surface area contributed by atoms with Gasteiger partial charge in [0.2, 0.25) is 0 Å². The summed E-state index contributed by atoms with van der Waals surface area (Å²) in [5, 5.41) is 16.9. The van der Waals surface area contributed by atoms with Crippen molar-refractivity contribution in [2.75, 3.05) is 24.7 Å². The van der Waals surface area contributed by atoms with E-state index in [1.165, 1.54) is 23.2 Å². The third-order valence-corrected chi connectivity index (χ3v) is 6.27. The lowest BCUT2D eigenvalue weighted by Gasteiger charge is -2.49. The molecule has 3 heterocycles. The van der Waals surface area contributed by atoms with Crippen LogP contribution in [0.15, 0.2) is 34.5 Å². The summed E-state index contributed by atoms with van der Waals surface area (Å²) in [5.74, 6) is -2.60. The largest absolute Gasteiger partial charge is 0.477 e. The number of carboxylic acids is 1. The zero-order valence-corrected chi connectivity index (χ0v) is 18.0. The van der Waals surface area contributed by atoms with Gasteiger partial charge < -0.3 is 31.5 Å². The molecule has 1 aromatic heterocycles. The van der Waals surface area contributed by atoms with Crippen molar-refractivity contribution in [2.45, 2.75) is 11.4 Å². The molecule has 170 valence electrons. The van der Waals surface area contributed by atoms with Crippen molar-refractivity contribution in [3.05, 3.63) is 35.0 Å². The third-order valence-electron chi connectivity index (χ3n) is 4.25. The first-order valence-electron chi connectivity index (χ1n) is 8.89. The highest BCUT2D eigenvalue weighted by atomic mass is 32.2. The normalized spacial score (nSPS) is 20.2. The van der Waals surface area contributed by atoms with Crippen LogP contribution >= 0.6 is 23.1 Å². The summed E-state index contributed by atoms with van der Waals surface area (Å²) in [6, 6.07) is -1.01. The number of carbonyl (C=O) groups is 4. The number of carboxylic acid groups (broad SMARTS) is 1. The van der Waals surface area contributed by atoms with Gasteiger partial charge in [0.05, 0.1) is 0 Å². The van der Waals surface area contributed by atoms with Crippen molar-refractivity contribution in [3.63, 3.8) is 0 Å². The van der Waals surface area contributed by atoms with E-state index in [0.717, 1.165) is 16.2 Å². The number of nitrogens with zero attached hydrogens (tertiary/aromatic N) is 3. The number of aromatic nitrogens is 1. The number of hydrogen-bond acceptors (Lipinski definition) is 11. The van der Waals surface area contributed by atoms with Crippen molar-refractivity contribution >= 4 is 57.8 Å². The maximum absolute atomic E-state index is 12.8.